The molecule has 5 N–H and O–H groups in total. The Morgan fingerprint density at radius 1 is 1.30 bits per heavy atom. The summed E-state index contributed by atoms with van der Waals surface area (Å²) in [5.41, 5.74) is 13.3. The van der Waals surface area contributed by atoms with Gasteiger partial charge in [-0.25, -0.2) is 4.39 Å². The number of rotatable bonds is 4. The van der Waals surface area contributed by atoms with E-state index in [9.17, 15) is 9.18 Å². The maximum atomic E-state index is 13.8. The van der Waals surface area contributed by atoms with Gasteiger partial charge in [0.05, 0.1) is 11.3 Å². The lowest BCUT2D eigenvalue weighted by molar-refractivity contribution is 0.100. The van der Waals surface area contributed by atoms with E-state index in [4.69, 9.17) is 11.5 Å². The van der Waals surface area contributed by atoms with Gasteiger partial charge in [-0.3, -0.25) is 4.79 Å². The highest BCUT2D eigenvalue weighted by molar-refractivity contribution is 5.99. The van der Waals surface area contributed by atoms with Crippen molar-refractivity contribution >= 4 is 17.3 Å². The van der Waals surface area contributed by atoms with Crippen LogP contribution in [0.15, 0.2) is 36.4 Å². The van der Waals surface area contributed by atoms with E-state index >= 15 is 0 Å². The Kier molecular flexibility index (Phi) is 3.89. The molecule has 0 atom stereocenters. The zero-order valence-corrected chi connectivity index (χ0v) is 11.1. The molecule has 2 aromatic carbocycles. The van der Waals surface area contributed by atoms with Crippen LogP contribution < -0.4 is 16.8 Å². The van der Waals surface area contributed by atoms with Crippen LogP contribution in [-0.2, 0) is 6.54 Å². The van der Waals surface area contributed by atoms with Gasteiger partial charge in [-0.05, 0) is 30.2 Å². The minimum absolute atomic E-state index is 0.0384. The molecule has 1 amide bonds. The first-order valence-corrected chi connectivity index (χ1v) is 6.16. The molecular formula is C15H16FN3O. The first-order chi connectivity index (χ1) is 9.49. The summed E-state index contributed by atoms with van der Waals surface area (Å²) in [6.45, 7) is 2.43. The lowest BCUT2D eigenvalue weighted by Gasteiger charge is -2.12. The fourth-order valence-corrected chi connectivity index (χ4v) is 1.94. The number of nitrogen functional groups attached to an aromatic ring is 1. The Bertz CT molecular complexity index is 656. The average molecular weight is 273 g/mol. The molecule has 0 aromatic heterocycles. The first kappa shape index (κ1) is 13.9. The third-order valence-corrected chi connectivity index (χ3v) is 3.14. The van der Waals surface area contributed by atoms with E-state index in [2.05, 4.69) is 5.32 Å². The number of carbonyl (C=O) groups excluding carboxylic acids is 1. The molecule has 0 unspecified atom stereocenters. The molecule has 0 aliphatic carbocycles. The smallest absolute Gasteiger partial charge is 0.250 e. The van der Waals surface area contributed by atoms with Crippen LogP contribution in [0.2, 0.25) is 0 Å². The predicted octanol–water partition coefficient (Wildman–Crippen LogP) is 2.43. The van der Waals surface area contributed by atoms with Gasteiger partial charge in [0.1, 0.15) is 5.82 Å². The zero-order valence-electron chi connectivity index (χ0n) is 11.1. The van der Waals surface area contributed by atoms with Gasteiger partial charge >= 0.3 is 0 Å². The Morgan fingerprint density at radius 2 is 2.00 bits per heavy atom. The van der Waals surface area contributed by atoms with Crippen molar-refractivity contribution in [2.75, 3.05) is 11.1 Å². The fourth-order valence-electron chi connectivity index (χ4n) is 1.94. The molecule has 0 saturated carbocycles. The van der Waals surface area contributed by atoms with Gasteiger partial charge in [-0.15, -0.1) is 0 Å². The Balaban J connectivity index is 2.24. The molecule has 0 aliphatic rings. The van der Waals surface area contributed by atoms with E-state index < -0.39 is 11.7 Å². The lowest BCUT2D eigenvalue weighted by Crippen LogP contribution is -2.15. The second-order valence-electron chi connectivity index (χ2n) is 4.56. The van der Waals surface area contributed by atoms with E-state index in [1.165, 1.54) is 6.07 Å². The van der Waals surface area contributed by atoms with Crippen molar-refractivity contribution in [3.05, 3.63) is 58.9 Å². The largest absolute Gasteiger partial charge is 0.398 e. The highest BCUT2D eigenvalue weighted by Gasteiger charge is 2.11. The standard InChI is InChI=1S/C15H16FN3O/c1-9-4-2-3-5-10(9)8-19-14-6-11(15(18)20)13(17)7-12(14)16/h2-7,19H,8,17H2,1H3,(H2,18,20). The quantitative estimate of drug-likeness (QED) is 0.748. The molecule has 2 rings (SSSR count). The summed E-state index contributed by atoms with van der Waals surface area (Å²) < 4.78 is 13.8. The van der Waals surface area contributed by atoms with Crippen molar-refractivity contribution in [2.45, 2.75) is 13.5 Å². The van der Waals surface area contributed by atoms with E-state index in [0.29, 0.717) is 6.54 Å². The van der Waals surface area contributed by atoms with E-state index in [1.54, 1.807) is 0 Å². The summed E-state index contributed by atoms with van der Waals surface area (Å²) >= 11 is 0. The number of hydrogen-bond donors (Lipinski definition) is 3. The summed E-state index contributed by atoms with van der Waals surface area (Å²) in [6.07, 6.45) is 0. The van der Waals surface area contributed by atoms with Crippen molar-refractivity contribution in [2.24, 2.45) is 5.73 Å². The van der Waals surface area contributed by atoms with E-state index in [1.807, 2.05) is 31.2 Å². The molecule has 0 radical (unpaired) electrons. The third-order valence-electron chi connectivity index (χ3n) is 3.14. The number of halogens is 1. The SMILES string of the molecule is Cc1ccccc1CNc1cc(C(N)=O)c(N)cc1F. The monoisotopic (exact) mass is 273 g/mol. The van der Waals surface area contributed by atoms with Gasteiger partial charge in [0.15, 0.2) is 0 Å². The van der Waals surface area contributed by atoms with Crippen molar-refractivity contribution in [3.63, 3.8) is 0 Å². The van der Waals surface area contributed by atoms with Crippen molar-refractivity contribution in [3.8, 4) is 0 Å². The summed E-state index contributed by atoms with van der Waals surface area (Å²) in [4.78, 5) is 11.2. The van der Waals surface area contributed by atoms with Crippen molar-refractivity contribution in [1.82, 2.24) is 0 Å². The molecule has 5 heteroatoms. The van der Waals surface area contributed by atoms with Crippen LogP contribution in [-0.4, -0.2) is 5.91 Å². The molecule has 0 fully saturated rings. The number of benzene rings is 2. The van der Waals surface area contributed by atoms with Gasteiger partial charge in [0.25, 0.3) is 5.91 Å². The number of primary amides is 1. The van der Waals surface area contributed by atoms with Crippen LogP contribution in [0.4, 0.5) is 15.8 Å². The predicted molar refractivity (Wildman–Crippen MR) is 77.8 cm³/mol. The summed E-state index contributed by atoms with van der Waals surface area (Å²) in [6, 6.07) is 10.2. The maximum Gasteiger partial charge on any atom is 0.250 e. The first-order valence-electron chi connectivity index (χ1n) is 6.16. The van der Waals surface area contributed by atoms with Crippen LogP contribution in [0, 0.1) is 12.7 Å². The Hall–Kier alpha value is -2.56. The molecule has 104 valence electrons. The number of nitrogens with one attached hydrogen (secondary N) is 1. The number of carbonyl (C=O) groups is 1. The van der Waals surface area contributed by atoms with Gasteiger partial charge in [0.2, 0.25) is 0 Å². The lowest BCUT2D eigenvalue weighted by atomic mass is 10.1. The molecule has 0 bridgehead atoms. The number of nitrogens with two attached hydrogens (primary N) is 2. The molecule has 0 spiro atoms. The van der Waals surface area contributed by atoms with E-state index in [-0.39, 0.29) is 16.9 Å². The minimum Gasteiger partial charge on any atom is -0.398 e. The fraction of sp³-hybridized carbons (Fsp3) is 0.133. The molecule has 20 heavy (non-hydrogen) atoms. The second kappa shape index (κ2) is 5.61. The van der Waals surface area contributed by atoms with Gasteiger partial charge in [-0.1, -0.05) is 24.3 Å². The molecule has 0 aliphatic heterocycles. The summed E-state index contributed by atoms with van der Waals surface area (Å²) in [5.74, 6) is -1.19. The van der Waals surface area contributed by atoms with E-state index in [0.717, 1.165) is 17.2 Å². The topological polar surface area (TPSA) is 81.1 Å². The van der Waals surface area contributed by atoms with Crippen molar-refractivity contribution < 1.29 is 9.18 Å². The van der Waals surface area contributed by atoms with Gasteiger partial charge < -0.3 is 16.8 Å². The Labute approximate surface area is 116 Å². The van der Waals surface area contributed by atoms with Gasteiger partial charge in [0, 0.05) is 12.2 Å². The minimum atomic E-state index is -0.679. The Morgan fingerprint density at radius 3 is 2.65 bits per heavy atom. The van der Waals surface area contributed by atoms with Crippen LogP contribution in [0.25, 0.3) is 0 Å². The van der Waals surface area contributed by atoms with Crippen LogP contribution in [0.1, 0.15) is 21.5 Å². The maximum absolute atomic E-state index is 13.8. The third kappa shape index (κ3) is 2.88. The number of hydrogen-bond acceptors (Lipinski definition) is 3. The van der Waals surface area contributed by atoms with Crippen LogP contribution in [0.3, 0.4) is 0 Å². The highest BCUT2D eigenvalue weighted by Crippen LogP contribution is 2.22. The number of amides is 1. The average Bonchev–Trinajstić information content (AvgIpc) is 2.39. The zero-order chi connectivity index (χ0) is 14.7. The molecule has 0 saturated heterocycles. The second-order valence-corrected chi connectivity index (χ2v) is 4.56. The summed E-state index contributed by atoms with van der Waals surface area (Å²) in [7, 11) is 0. The van der Waals surface area contributed by atoms with Gasteiger partial charge in [-0.2, -0.15) is 0 Å². The molecule has 4 nitrogen and oxygen atoms in total. The molecular weight excluding hydrogens is 257 g/mol. The summed E-state index contributed by atoms with van der Waals surface area (Å²) in [5, 5.41) is 2.95. The van der Waals surface area contributed by atoms with Crippen LogP contribution in [0.5, 0.6) is 0 Å². The molecule has 0 heterocycles. The highest BCUT2D eigenvalue weighted by atomic mass is 19.1. The number of anilines is 2. The van der Waals surface area contributed by atoms with Crippen molar-refractivity contribution in [1.29, 1.82) is 0 Å². The molecule has 2 aromatic rings. The number of aryl methyl sites for hydroxylation is 1. The normalized spacial score (nSPS) is 10.3. The van der Waals surface area contributed by atoms with Crippen LogP contribution >= 0.6 is 0 Å².